The van der Waals surface area contributed by atoms with Crippen LogP contribution in [0.4, 0.5) is 5.82 Å². The molecule has 0 unspecified atom stereocenters. The zero-order chi connectivity index (χ0) is 14.1. The zero-order valence-electron chi connectivity index (χ0n) is 12.1. The lowest BCUT2D eigenvalue weighted by Gasteiger charge is -2.29. The second-order valence-electron chi connectivity index (χ2n) is 5.58. The minimum absolute atomic E-state index is 0.409. The number of nitrogens with two attached hydrogens (primary N) is 1. The predicted molar refractivity (Wildman–Crippen MR) is 79.5 cm³/mol. The van der Waals surface area contributed by atoms with Crippen LogP contribution >= 0.6 is 0 Å². The smallest absolute Gasteiger partial charge is 0.129 e. The molecule has 5 nitrogen and oxygen atoms in total. The second kappa shape index (κ2) is 5.25. The molecule has 1 aliphatic heterocycles. The molecule has 5 heteroatoms. The normalized spacial score (nSPS) is 14.7. The molecule has 0 aliphatic carbocycles. The molecule has 0 radical (unpaired) electrons. The maximum atomic E-state index is 5.81. The summed E-state index contributed by atoms with van der Waals surface area (Å²) in [4.78, 5) is 11.5. The Morgan fingerprint density at radius 3 is 2.90 bits per heavy atom. The van der Waals surface area contributed by atoms with Crippen molar-refractivity contribution < 1.29 is 0 Å². The molecule has 106 valence electrons. The van der Waals surface area contributed by atoms with Crippen LogP contribution in [0.1, 0.15) is 36.8 Å². The molecule has 0 bridgehead atoms. The topological polar surface area (TPSA) is 60.0 Å². The second-order valence-corrected chi connectivity index (χ2v) is 5.58. The number of hydrogen-bond acceptors (Lipinski definition) is 4. The molecule has 2 aromatic rings. The molecular formula is C15H21N5. The van der Waals surface area contributed by atoms with Crippen molar-refractivity contribution in [2.75, 3.05) is 11.4 Å². The van der Waals surface area contributed by atoms with Gasteiger partial charge in [-0.15, -0.1) is 0 Å². The Bertz CT molecular complexity index is 602. The number of nitrogens with zero attached hydrogens (tertiary/aromatic N) is 4. The molecule has 3 rings (SSSR count). The summed E-state index contributed by atoms with van der Waals surface area (Å²) in [6, 6.07) is 4.21. The molecule has 2 N–H and O–H groups in total. The van der Waals surface area contributed by atoms with E-state index in [2.05, 4.69) is 40.4 Å². The highest BCUT2D eigenvalue weighted by Gasteiger charge is 2.19. The van der Waals surface area contributed by atoms with Crippen LogP contribution in [0, 0.1) is 0 Å². The first kappa shape index (κ1) is 13.1. The molecule has 0 aromatic carbocycles. The number of hydrogen-bond donors (Lipinski definition) is 1. The van der Waals surface area contributed by atoms with E-state index in [0.717, 1.165) is 42.5 Å². The van der Waals surface area contributed by atoms with Gasteiger partial charge in [0.05, 0.1) is 6.54 Å². The molecule has 0 saturated heterocycles. The van der Waals surface area contributed by atoms with E-state index in [1.807, 2.05) is 12.4 Å². The van der Waals surface area contributed by atoms with Gasteiger partial charge in [0, 0.05) is 37.7 Å². The summed E-state index contributed by atoms with van der Waals surface area (Å²) in [7, 11) is 0. The first-order chi connectivity index (χ1) is 9.67. The van der Waals surface area contributed by atoms with E-state index < -0.39 is 0 Å². The molecule has 1 aliphatic rings. The lowest BCUT2D eigenvalue weighted by atomic mass is 10.1. The SMILES string of the molecule is CC(C)c1cc(CN)cc(N2CCn3ccnc3C2)n1. The Morgan fingerprint density at radius 1 is 1.30 bits per heavy atom. The number of anilines is 1. The van der Waals surface area contributed by atoms with Gasteiger partial charge in [0.1, 0.15) is 11.6 Å². The average Bonchev–Trinajstić information content (AvgIpc) is 2.94. The van der Waals surface area contributed by atoms with E-state index in [4.69, 9.17) is 10.7 Å². The van der Waals surface area contributed by atoms with Crippen LogP contribution in [-0.2, 0) is 19.6 Å². The average molecular weight is 271 g/mol. The number of pyridine rings is 1. The molecule has 3 heterocycles. The van der Waals surface area contributed by atoms with Gasteiger partial charge < -0.3 is 15.2 Å². The van der Waals surface area contributed by atoms with Gasteiger partial charge in [-0.1, -0.05) is 13.8 Å². The van der Waals surface area contributed by atoms with Crippen molar-refractivity contribution in [2.24, 2.45) is 5.73 Å². The van der Waals surface area contributed by atoms with E-state index >= 15 is 0 Å². The highest BCUT2D eigenvalue weighted by Crippen LogP contribution is 2.23. The van der Waals surface area contributed by atoms with Gasteiger partial charge in [0.25, 0.3) is 0 Å². The van der Waals surface area contributed by atoms with Crippen molar-refractivity contribution >= 4 is 5.82 Å². The van der Waals surface area contributed by atoms with Gasteiger partial charge in [-0.05, 0) is 23.6 Å². The van der Waals surface area contributed by atoms with Crippen molar-refractivity contribution in [3.05, 3.63) is 41.6 Å². The zero-order valence-corrected chi connectivity index (χ0v) is 12.1. The Kier molecular flexibility index (Phi) is 3.44. The Labute approximate surface area is 119 Å². The van der Waals surface area contributed by atoms with Gasteiger partial charge in [-0.3, -0.25) is 0 Å². The Morgan fingerprint density at radius 2 is 2.15 bits per heavy atom. The van der Waals surface area contributed by atoms with E-state index in [9.17, 15) is 0 Å². The third-order valence-electron chi connectivity index (χ3n) is 3.79. The number of imidazole rings is 1. The summed E-state index contributed by atoms with van der Waals surface area (Å²) in [6.45, 7) is 7.61. The monoisotopic (exact) mass is 271 g/mol. The largest absolute Gasteiger partial charge is 0.347 e. The van der Waals surface area contributed by atoms with Gasteiger partial charge >= 0.3 is 0 Å². The molecular weight excluding hydrogens is 250 g/mol. The minimum Gasteiger partial charge on any atom is -0.347 e. The number of aromatic nitrogens is 3. The fourth-order valence-corrected chi connectivity index (χ4v) is 2.54. The highest BCUT2D eigenvalue weighted by atomic mass is 15.3. The van der Waals surface area contributed by atoms with E-state index in [1.54, 1.807) is 0 Å². The summed E-state index contributed by atoms with van der Waals surface area (Å²) in [5, 5.41) is 0. The molecule has 0 atom stereocenters. The maximum Gasteiger partial charge on any atom is 0.129 e. The standard InChI is InChI=1S/C15H21N5/c1-11(2)13-7-12(9-16)8-14(18-13)20-6-5-19-4-3-17-15(19)10-20/h3-4,7-8,11H,5-6,9-10,16H2,1-2H3. The molecule has 0 amide bonds. The minimum atomic E-state index is 0.409. The first-order valence-corrected chi connectivity index (χ1v) is 7.13. The van der Waals surface area contributed by atoms with Gasteiger partial charge in [-0.25, -0.2) is 9.97 Å². The summed E-state index contributed by atoms with van der Waals surface area (Å²) < 4.78 is 2.20. The van der Waals surface area contributed by atoms with E-state index in [1.165, 1.54) is 0 Å². The van der Waals surface area contributed by atoms with Crippen LogP contribution in [0.5, 0.6) is 0 Å². The fourth-order valence-electron chi connectivity index (χ4n) is 2.54. The van der Waals surface area contributed by atoms with Crippen molar-refractivity contribution in [1.29, 1.82) is 0 Å². The van der Waals surface area contributed by atoms with Crippen molar-refractivity contribution in [2.45, 2.75) is 39.4 Å². The fraction of sp³-hybridized carbons (Fsp3) is 0.467. The molecule has 0 fully saturated rings. The van der Waals surface area contributed by atoms with Crippen LogP contribution in [-0.4, -0.2) is 21.1 Å². The van der Waals surface area contributed by atoms with Crippen molar-refractivity contribution in [1.82, 2.24) is 14.5 Å². The first-order valence-electron chi connectivity index (χ1n) is 7.13. The van der Waals surface area contributed by atoms with E-state index in [-0.39, 0.29) is 0 Å². The molecule has 2 aromatic heterocycles. The van der Waals surface area contributed by atoms with Gasteiger partial charge in [0.2, 0.25) is 0 Å². The van der Waals surface area contributed by atoms with Crippen LogP contribution in [0.25, 0.3) is 0 Å². The summed E-state index contributed by atoms with van der Waals surface area (Å²) in [5.41, 5.74) is 8.07. The quantitative estimate of drug-likeness (QED) is 0.926. The van der Waals surface area contributed by atoms with Crippen LogP contribution in [0.3, 0.4) is 0 Å². The summed E-state index contributed by atoms with van der Waals surface area (Å²) >= 11 is 0. The van der Waals surface area contributed by atoms with Crippen LogP contribution < -0.4 is 10.6 Å². The third-order valence-corrected chi connectivity index (χ3v) is 3.79. The Hall–Kier alpha value is -1.88. The summed E-state index contributed by atoms with van der Waals surface area (Å²) in [6.07, 6.45) is 3.90. The molecule has 20 heavy (non-hydrogen) atoms. The number of fused-ring (bicyclic) bond motifs is 1. The molecule has 0 spiro atoms. The third kappa shape index (κ3) is 2.41. The summed E-state index contributed by atoms with van der Waals surface area (Å²) in [5.74, 6) is 2.53. The lowest BCUT2D eigenvalue weighted by molar-refractivity contribution is 0.555. The van der Waals surface area contributed by atoms with Gasteiger partial charge in [0.15, 0.2) is 0 Å². The van der Waals surface area contributed by atoms with Crippen molar-refractivity contribution in [3.63, 3.8) is 0 Å². The van der Waals surface area contributed by atoms with Crippen LogP contribution in [0.2, 0.25) is 0 Å². The number of rotatable bonds is 3. The van der Waals surface area contributed by atoms with Gasteiger partial charge in [-0.2, -0.15) is 0 Å². The van der Waals surface area contributed by atoms with Crippen LogP contribution in [0.15, 0.2) is 24.5 Å². The van der Waals surface area contributed by atoms with Crippen molar-refractivity contribution in [3.8, 4) is 0 Å². The Balaban J connectivity index is 1.92. The predicted octanol–water partition coefficient (Wildman–Crippen LogP) is 1.88. The molecule has 0 saturated carbocycles. The maximum absolute atomic E-state index is 5.81. The lowest BCUT2D eigenvalue weighted by Crippen LogP contribution is -2.34. The van der Waals surface area contributed by atoms with E-state index in [0.29, 0.717) is 12.5 Å². The highest BCUT2D eigenvalue weighted by molar-refractivity contribution is 5.44.